The number of anilines is 1. The van der Waals surface area contributed by atoms with Crippen LogP contribution in [0.1, 0.15) is 73.6 Å². The largest absolute Gasteiger partial charge is 0.416 e. The maximum atomic E-state index is 15.8. The van der Waals surface area contributed by atoms with E-state index in [0.29, 0.717) is 11.6 Å². The van der Waals surface area contributed by atoms with Crippen molar-refractivity contribution in [1.29, 1.82) is 0 Å². The SMILES string of the molecule is COC1CNC(C(=O)N(c2ccc(C3CC3)cc2F)C(C(=O)NC2CCC(F)(F)CC2)c2cnccc2C(F)(F)F)C1. The molecule has 0 spiro atoms. The Hall–Kier alpha value is -3.19. The number of aromatic nitrogens is 1. The first-order valence-corrected chi connectivity index (χ1v) is 14.0. The average Bonchev–Trinajstić information content (AvgIpc) is 3.68. The van der Waals surface area contributed by atoms with Crippen molar-refractivity contribution in [3.8, 4) is 0 Å². The van der Waals surface area contributed by atoms with E-state index in [2.05, 4.69) is 15.6 Å². The van der Waals surface area contributed by atoms with Crippen LogP contribution in [-0.4, -0.2) is 54.6 Å². The number of carbonyl (C=O) groups is 2. The van der Waals surface area contributed by atoms with E-state index in [1.807, 2.05) is 0 Å². The van der Waals surface area contributed by atoms with E-state index in [1.54, 1.807) is 6.07 Å². The smallest absolute Gasteiger partial charge is 0.380 e. The van der Waals surface area contributed by atoms with E-state index >= 15 is 4.39 Å². The minimum absolute atomic E-state index is 0.108. The molecule has 2 saturated carbocycles. The molecule has 3 aliphatic rings. The molecule has 7 nitrogen and oxygen atoms in total. The zero-order valence-electron chi connectivity index (χ0n) is 22.9. The van der Waals surface area contributed by atoms with Crippen LogP contribution in [0, 0.1) is 5.82 Å². The molecule has 13 heteroatoms. The van der Waals surface area contributed by atoms with E-state index in [0.717, 1.165) is 30.1 Å². The molecule has 2 aromatic rings. The van der Waals surface area contributed by atoms with Gasteiger partial charge in [0.2, 0.25) is 17.7 Å². The van der Waals surface area contributed by atoms with Crippen LogP contribution in [-0.2, 0) is 20.5 Å². The lowest BCUT2D eigenvalue weighted by molar-refractivity contribution is -0.139. The Morgan fingerprint density at radius 2 is 1.86 bits per heavy atom. The monoisotopic (exact) mass is 598 g/mol. The fraction of sp³-hybridized carbons (Fsp3) is 0.552. The van der Waals surface area contributed by atoms with Crippen molar-refractivity contribution in [3.05, 3.63) is 59.2 Å². The summed E-state index contributed by atoms with van der Waals surface area (Å²) in [6, 6.07) is 1.05. The van der Waals surface area contributed by atoms with Gasteiger partial charge in [-0.2, -0.15) is 13.2 Å². The first-order valence-electron chi connectivity index (χ1n) is 14.0. The Morgan fingerprint density at radius 3 is 2.45 bits per heavy atom. The van der Waals surface area contributed by atoms with E-state index in [1.165, 1.54) is 19.2 Å². The summed E-state index contributed by atoms with van der Waals surface area (Å²) in [5.41, 5.74) is -1.58. The van der Waals surface area contributed by atoms with Crippen molar-refractivity contribution < 1.29 is 40.7 Å². The van der Waals surface area contributed by atoms with Crippen LogP contribution in [0.25, 0.3) is 0 Å². The van der Waals surface area contributed by atoms with Crippen molar-refractivity contribution in [2.75, 3.05) is 18.6 Å². The molecule has 1 saturated heterocycles. The third kappa shape index (κ3) is 6.56. The highest BCUT2D eigenvalue weighted by Gasteiger charge is 2.45. The van der Waals surface area contributed by atoms with Gasteiger partial charge in [0.05, 0.1) is 23.4 Å². The topological polar surface area (TPSA) is 83.6 Å². The summed E-state index contributed by atoms with van der Waals surface area (Å²) in [4.78, 5) is 32.6. The third-order valence-corrected chi connectivity index (χ3v) is 8.26. The molecule has 1 aromatic heterocycles. The lowest BCUT2D eigenvalue weighted by atomic mass is 9.91. The summed E-state index contributed by atoms with van der Waals surface area (Å²) < 4.78 is 91.5. The first-order chi connectivity index (χ1) is 19.9. The molecule has 3 atom stereocenters. The highest BCUT2D eigenvalue weighted by molar-refractivity contribution is 6.04. The number of carbonyl (C=O) groups excluding carboxylic acids is 2. The molecule has 2 amide bonds. The summed E-state index contributed by atoms with van der Waals surface area (Å²) in [7, 11) is 1.45. The van der Waals surface area contributed by atoms with Gasteiger partial charge in [-0.3, -0.25) is 19.5 Å². The quantitative estimate of drug-likeness (QED) is 0.405. The summed E-state index contributed by atoms with van der Waals surface area (Å²) in [5.74, 6) is -5.52. The molecule has 1 aromatic carbocycles. The summed E-state index contributed by atoms with van der Waals surface area (Å²) in [6.45, 7) is 0.262. The van der Waals surface area contributed by atoms with Crippen LogP contribution < -0.4 is 15.5 Å². The molecule has 2 N–H and O–H groups in total. The molecular weight excluding hydrogens is 566 g/mol. The van der Waals surface area contributed by atoms with Crippen LogP contribution in [0.15, 0.2) is 36.7 Å². The Bertz CT molecular complexity index is 1310. The van der Waals surface area contributed by atoms with Gasteiger partial charge in [-0.25, -0.2) is 13.2 Å². The fourth-order valence-corrected chi connectivity index (χ4v) is 5.76. The predicted octanol–water partition coefficient (Wildman–Crippen LogP) is 5.26. The number of amides is 2. The van der Waals surface area contributed by atoms with Gasteiger partial charge in [-0.1, -0.05) is 6.07 Å². The number of rotatable bonds is 8. The van der Waals surface area contributed by atoms with Crippen LogP contribution >= 0.6 is 0 Å². The first kappa shape index (κ1) is 30.3. The van der Waals surface area contributed by atoms with E-state index < -0.39 is 71.8 Å². The molecule has 42 heavy (non-hydrogen) atoms. The van der Waals surface area contributed by atoms with Crippen LogP contribution in [0.3, 0.4) is 0 Å². The standard InChI is InChI=1S/C29H32F6N4O3/c1-42-19-13-23(37-14-19)27(41)39(24-5-4-17(12-22(24)30)16-2-3-16)25(20-15-36-11-8-21(20)29(33,34)35)26(40)38-18-6-9-28(31,32)10-7-18/h4-5,8,11-12,15-16,18-19,23,25,37H,2-3,6-7,9-10,13-14H2,1H3,(H,38,40). The lowest BCUT2D eigenvalue weighted by Gasteiger charge is -2.36. The second-order valence-electron chi connectivity index (χ2n) is 11.2. The molecule has 3 unspecified atom stereocenters. The summed E-state index contributed by atoms with van der Waals surface area (Å²) in [5, 5.41) is 5.54. The number of hydrogen-bond acceptors (Lipinski definition) is 5. The van der Waals surface area contributed by atoms with Gasteiger partial charge in [-0.15, -0.1) is 0 Å². The van der Waals surface area contributed by atoms with Gasteiger partial charge in [0.25, 0.3) is 0 Å². The minimum atomic E-state index is -4.94. The number of hydrogen-bond donors (Lipinski definition) is 2. The van der Waals surface area contributed by atoms with E-state index in [9.17, 15) is 31.5 Å². The van der Waals surface area contributed by atoms with Gasteiger partial charge in [0, 0.05) is 50.5 Å². The van der Waals surface area contributed by atoms with Crippen LogP contribution in [0.5, 0.6) is 0 Å². The molecule has 0 radical (unpaired) electrons. The van der Waals surface area contributed by atoms with Crippen molar-refractivity contribution in [1.82, 2.24) is 15.6 Å². The fourth-order valence-electron chi connectivity index (χ4n) is 5.76. The average molecular weight is 599 g/mol. The summed E-state index contributed by atoms with van der Waals surface area (Å²) in [6.07, 6.45) is -2.96. The molecule has 3 fully saturated rings. The molecule has 228 valence electrons. The van der Waals surface area contributed by atoms with Gasteiger partial charge in [-0.05, 0) is 61.8 Å². The zero-order chi connectivity index (χ0) is 30.2. The van der Waals surface area contributed by atoms with Crippen LogP contribution in [0.4, 0.5) is 32.0 Å². The number of benzene rings is 1. The number of methoxy groups -OCH3 is 1. The highest BCUT2D eigenvalue weighted by Crippen LogP contribution is 2.43. The number of halogens is 6. The number of nitrogens with zero attached hydrogens (tertiary/aromatic N) is 2. The van der Waals surface area contributed by atoms with Crippen molar-refractivity contribution in [3.63, 3.8) is 0 Å². The van der Waals surface area contributed by atoms with Crippen molar-refractivity contribution >= 4 is 17.5 Å². The molecule has 2 heterocycles. The van der Waals surface area contributed by atoms with E-state index in [4.69, 9.17) is 4.74 Å². The molecule has 5 rings (SSSR count). The highest BCUT2D eigenvalue weighted by atomic mass is 19.4. The van der Waals surface area contributed by atoms with Crippen LogP contribution in [0.2, 0.25) is 0 Å². The van der Waals surface area contributed by atoms with Crippen molar-refractivity contribution in [2.24, 2.45) is 0 Å². The second-order valence-corrected chi connectivity index (χ2v) is 11.2. The minimum Gasteiger partial charge on any atom is -0.380 e. The normalized spacial score (nSPS) is 23.4. The Kier molecular flexibility index (Phi) is 8.53. The van der Waals surface area contributed by atoms with Gasteiger partial charge in [0.1, 0.15) is 11.9 Å². The van der Waals surface area contributed by atoms with E-state index in [-0.39, 0.29) is 43.5 Å². The van der Waals surface area contributed by atoms with Gasteiger partial charge >= 0.3 is 6.18 Å². The Balaban J connectivity index is 1.61. The van der Waals surface area contributed by atoms with Gasteiger partial charge < -0.3 is 15.4 Å². The number of alkyl halides is 5. The lowest BCUT2D eigenvalue weighted by Crippen LogP contribution is -2.52. The summed E-state index contributed by atoms with van der Waals surface area (Å²) >= 11 is 0. The molecule has 0 bridgehead atoms. The maximum Gasteiger partial charge on any atom is 0.416 e. The number of pyridine rings is 1. The molecular formula is C29H32F6N4O3. The second kappa shape index (κ2) is 11.8. The predicted molar refractivity (Wildman–Crippen MR) is 140 cm³/mol. The number of nitrogens with one attached hydrogen (secondary N) is 2. The maximum absolute atomic E-state index is 15.8. The zero-order valence-corrected chi connectivity index (χ0v) is 22.9. The Labute approximate surface area is 239 Å². The third-order valence-electron chi connectivity index (χ3n) is 8.26. The van der Waals surface area contributed by atoms with Gasteiger partial charge in [0.15, 0.2) is 0 Å². The molecule has 2 aliphatic carbocycles. The Morgan fingerprint density at radius 1 is 1.14 bits per heavy atom. The molecule has 1 aliphatic heterocycles. The van der Waals surface area contributed by atoms with Crippen molar-refractivity contribution in [2.45, 2.75) is 87.2 Å². The number of ether oxygens (including phenoxy) is 1.